The maximum Gasteiger partial charge on any atom is 0.123 e. The number of phenolic OH excluding ortho intramolecular Hbond substituents is 1. The standard InChI is InChI=1S/C38H18B8O/c39-31-27-25(18-8-2-1-3-9-18)28-30(34(42)38(46)36(44)32(28)40)26(29(27)33(41)37(45)35(31)43)22-13-7-11-20(17-22)19-10-6-12-21(16-19)23-14-4-5-15-24(23)47/h1-17,47H. The van der Waals surface area contributed by atoms with Crippen molar-refractivity contribution in [1.82, 2.24) is 0 Å². The summed E-state index contributed by atoms with van der Waals surface area (Å²) >= 11 is 0. The van der Waals surface area contributed by atoms with Gasteiger partial charge in [0.1, 0.15) is 68.5 Å². The van der Waals surface area contributed by atoms with Gasteiger partial charge in [-0.2, -0.15) is 0 Å². The molecule has 9 heteroatoms. The molecule has 7 aromatic carbocycles. The zero-order valence-corrected chi connectivity index (χ0v) is 25.4. The zero-order chi connectivity index (χ0) is 33.1. The van der Waals surface area contributed by atoms with Crippen LogP contribution in [0.25, 0.3) is 66.1 Å². The van der Waals surface area contributed by atoms with E-state index in [1.165, 1.54) is 0 Å². The van der Waals surface area contributed by atoms with Crippen LogP contribution in [0.5, 0.6) is 5.75 Å². The van der Waals surface area contributed by atoms with Crippen LogP contribution in [0.3, 0.4) is 0 Å². The molecule has 0 spiro atoms. The molecule has 0 aliphatic carbocycles. The van der Waals surface area contributed by atoms with E-state index in [9.17, 15) is 5.11 Å². The first-order valence-corrected chi connectivity index (χ1v) is 14.9. The van der Waals surface area contributed by atoms with Crippen LogP contribution in [0.15, 0.2) is 103 Å². The Bertz CT molecular complexity index is 2320. The number of hydrogen-bond donors (Lipinski definition) is 1. The lowest BCUT2D eigenvalue weighted by Crippen LogP contribution is -2.50. The van der Waals surface area contributed by atoms with Gasteiger partial charge in [0.2, 0.25) is 0 Å². The predicted molar refractivity (Wildman–Crippen MR) is 208 cm³/mol. The average molecular weight is 577 g/mol. The Kier molecular flexibility index (Phi) is 7.83. The summed E-state index contributed by atoms with van der Waals surface area (Å²) in [7, 11) is 53.3. The van der Waals surface area contributed by atoms with Gasteiger partial charge in [-0.05, 0) is 78.7 Å². The molecule has 0 aromatic heterocycles. The molecule has 7 aromatic rings. The Morgan fingerprint density at radius 1 is 0.319 bits per heavy atom. The van der Waals surface area contributed by atoms with Gasteiger partial charge in [0.05, 0.1) is 0 Å². The third-order valence-electron chi connectivity index (χ3n) is 8.94. The van der Waals surface area contributed by atoms with Crippen LogP contribution in [0.2, 0.25) is 0 Å². The summed E-state index contributed by atoms with van der Waals surface area (Å²) in [6.07, 6.45) is 0. The van der Waals surface area contributed by atoms with E-state index in [0.29, 0.717) is 32.7 Å². The van der Waals surface area contributed by atoms with Crippen LogP contribution in [-0.4, -0.2) is 67.9 Å². The van der Waals surface area contributed by atoms with Crippen molar-refractivity contribution in [2.75, 3.05) is 0 Å². The summed E-state index contributed by atoms with van der Waals surface area (Å²) in [5.74, 6) is 0.199. The minimum absolute atomic E-state index is 0.163. The van der Waals surface area contributed by atoms with Crippen LogP contribution in [0.4, 0.5) is 0 Å². The monoisotopic (exact) mass is 578 g/mol. The van der Waals surface area contributed by atoms with Crippen molar-refractivity contribution in [3.05, 3.63) is 103 Å². The Balaban J connectivity index is 1.63. The number of rotatable bonds is 4. The SMILES string of the molecule is [B]c1c([B])c([B])c2c(-c3cccc(-c4cccc(-c5ccccc5O)c4)c3)c3c([B])c([B])c([B])c([B])c3c(-c3ccccc3)c2c1[B]. The summed E-state index contributed by atoms with van der Waals surface area (Å²) in [6, 6.07) is 32.7. The third-order valence-corrected chi connectivity index (χ3v) is 8.94. The molecule has 7 rings (SSSR count). The molecule has 0 heterocycles. The molecule has 16 radical (unpaired) electrons. The van der Waals surface area contributed by atoms with Gasteiger partial charge < -0.3 is 5.11 Å². The molecule has 0 saturated heterocycles. The van der Waals surface area contributed by atoms with Gasteiger partial charge >= 0.3 is 0 Å². The predicted octanol–water partition coefficient (Wildman–Crippen LogP) is 0.717. The molecule has 0 saturated carbocycles. The Labute approximate surface area is 285 Å². The average Bonchev–Trinajstić information content (AvgIpc) is 3.10. The summed E-state index contributed by atoms with van der Waals surface area (Å²) in [6.45, 7) is 0. The summed E-state index contributed by atoms with van der Waals surface area (Å²) in [5, 5.41) is 12.8. The summed E-state index contributed by atoms with van der Waals surface area (Å²) < 4.78 is 0. The van der Waals surface area contributed by atoms with Gasteiger partial charge in [-0.3, -0.25) is 0 Å². The van der Waals surface area contributed by atoms with E-state index in [-0.39, 0.29) is 49.5 Å². The van der Waals surface area contributed by atoms with Gasteiger partial charge in [-0.25, -0.2) is 0 Å². The molecule has 0 unspecified atom stereocenters. The Hall–Kier alpha value is -4.62. The first-order valence-electron chi connectivity index (χ1n) is 14.9. The molecule has 0 fully saturated rings. The number of para-hydroxylation sites is 1. The Morgan fingerprint density at radius 3 is 1.17 bits per heavy atom. The van der Waals surface area contributed by atoms with Crippen molar-refractivity contribution in [2.45, 2.75) is 0 Å². The van der Waals surface area contributed by atoms with Crippen molar-refractivity contribution >= 4 is 128 Å². The lowest BCUT2D eigenvalue weighted by atomic mass is 9.59. The van der Waals surface area contributed by atoms with Crippen LogP contribution < -0.4 is 43.7 Å². The first kappa shape index (κ1) is 31.0. The molecule has 47 heavy (non-hydrogen) atoms. The second-order valence-electron chi connectivity index (χ2n) is 11.6. The van der Waals surface area contributed by atoms with Crippen molar-refractivity contribution in [1.29, 1.82) is 0 Å². The number of fused-ring (bicyclic) bond motifs is 2. The second kappa shape index (κ2) is 11.9. The van der Waals surface area contributed by atoms with Gasteiger partial charge in [-0.1, -0.05) is 107 Å². The molecular weight excluding hydrogens is 559 g/mol. The topological polar surface area (TPSA) is 20.2 Å². The molecular formula is C38H18B8O. The Morgan fingerprint density at radius 2 is 0.681 bits per heavy atom. The number of hydrogen-bond acceptors (Lipinski definition) is 1. The third kappa shape index (κ3) is 4.90. The quantitative estimate of drug-likeness (QED) is 0.242. The molecule has 0 amide bonds. The molecule has 1 N–H and O–H groups in total. The molecule has 0 atom stereocenters. The van der Waals surface area contributed by atoms with Crippen LogP contribution in [0.1, 0.15) is 0 Å². The highest BCUT2D eigenvalue weighted by molar-refractivity contribution is 6.71. The van der Waals surface area contributed by atoms with E-state index in [1.807, 2.05) is 91.0 Å². The minimum Gasteiger partial charge on any atom is -0.507 e. The fourth-order valence-corrected chi connectivity index (χ4v) is 6.57. The molecule has 0 aliphatic rings. The molecule has 200 valence electrons. The number of phenols is 1. The van der Waals surface area contributed by atoms with E-state index in [1.54, 1.807) is 12.1 Å². The smallest absolute Gasteiger partial charge is 0.123 e. The molecule has 1 nitrogen and oxygen atoms in total. The summed E-state index contributed by atoms with van der Waals surface area (Å²) in [5.41, 5.74) is 7.97. The van der Waals surface area contributed by atoms with Crippen molar-refractivity contribution < 1.29 is 5.11 Å². The highest BCUT2D eigenvalue weighted by Crippen LogP contribution is 2.41. The fraction of sp³-hybridized carbons (Fsp3) is 0. The van der Waals surface area contributed by atoms with Gasteiger partial charge in [0, 0.05) is 5.56 Å². The fourth-order valence-electron chi connectivity index (χ4n) is 6.57. The second-order valence-corrected chi connectivity index (χ2v) is 11.6. The normalized spacial score (nSPS) is 11.3. The highest BCUT2D eigenvalue weighted by atomic mass is 16.3. The van der Waals surface area contributed by atoms with Gasteiger partial charge in [-0.15, -0.1) is 21.9 Å². The van der Waals surface area contributed by atoms with E-state index in [0.717, 1.165) is 33.4 Å². The van der Waals surface area contributed by atoms with E-state index in [2.05, 4.69) is 0 Å². The van der Waals surface area contributed by atoms with Gasteiger partial charge in [0.25, 0.3) is 0 Å². The zero-order valence-electron chi connectivity index (χ0n) is 25.4. The number of benzene rings is 7. The van der Waals surface area contributed by atoms with E-state index < -0.39 is 0 Å². The van der Waals surface area contributed by atoms with E-state index in [4.69, 9.17) is 62.8 Å². The lowest BCUT2D eigenvalue weighted by molar-refractivity contribution is 0.477. The van der Waals surface area contributed by atoms with Gasteiger partial charge in [0.15, 0.2) is 0 Å². The van der Waals surface area contributed by atoms with Crippen LogP contribution >= 0.6 is 0 Å². The first-order chi connectivity index (χ1) is 22.6. The highest BCUT2D eigenvalue weighted by Gasteiger charge is 2.24. The number of aromatic hydroxyl groups is 1. The van der Waals surface area contributed by atoms with Crippen LogP contribution in [0, 0.1) is 0 Å². The minimum atomic E-state index is 0.163. The molecule has 0 aliphatic heterocycles. The van der Waals surface area contributed by atoms with Crippen LogP contribution in [-0.2, 0) is 0 Å². The lowest BCUT2D eigenvalue weighted by Gasteiger charge is -2.28. The summed E-state index contributed by atoms with van der Waals surface area (Å²) in [4.78, 5) is 0. The maximum atomic E-state index is 10.5. The van der Waals surface area contributed by atoms with Crippen molar-refractivity contribution in [2.24, 2.45) is 0 Å². The largest absolute Gasteiger partial charge is 0.507 e. The molecule has 0 bridgehead atoms. The van der Waals surface area contributed by atoms with Crippen molar-refractivity contribution in [3.63, 3.8) is 0 Å². The maximum absolute atomic E-state index is 10.5. The van der Waals surface area contributed by atoms with Crippen molar-refractivity contribution in [3.8, 4) is 50.3 Å². The van der Waals surface area contributed by atoms with E-state index >= 15 is 0 Å².